The molecule has 0 radical (unpaired) electrons. The largest absolute Gasteiger partial charge is 0.480 e. The number of benzene rings is 2. The third kappa shape index (κ3) is 12.3. The Morgan fingerprint density at radius 3 is 1.90 bits per heavy atom. The number of ether oxygens (including phenoxy) is 1. The van der Waals surface area contributed by atoms with Gasteiger partial charge in [0.2, 0.25) is 5.91 Å². The molecule has 2 aromatic rings. The third-order valence-electron chi connectivity index (χ3n) is 3.66. The molecule has 2 amide bonds. The summed E-state index contributed by atoms with van der Waals surface area (Å²) in [5, 5.41) is 21.2. The molecule has 0 aliphatic carbocycles. The molecule has 0 bridgehead atoms. The van der Waals surface area contributed by atoms with E-state index in [1.54, 1.807) is 12.1 Å². The van der Waals surface area contributed by atoms with Gasteiger partial charge in [0.25, 0.3) is 0 Å². The molecule has 6 N–H and O–H groups in total. The minimum atomic E-state index is -1.15. The summed E-state index contributed by atoms with van der Waals surface area (Å²) in [6, 6.07) is 17.6. The van der Waals surface area contributed by atoms with Gasteiger partial charge in [0.1, 0.15) is 25.7 Å². The van der Waals surface area contributed by atoms with E-state index >= 15 is 0 Å². The molecular weight excluding hydrogens is 406 g/mol. The highest BCUT2D eigenvalue weighted by Crippen LogP contribution is 2.01. The highest BCUT2D eigenvalue weighted by atomic mass is 16.5. The van der Waals surface area contributed by atoms with Crippen molar-refractivity contribution < 1.29 is 34.1 Å². The Morgan fingerprint density at radius 2 is 1.39 bits per heavy atom. The molecule has 31 heavy (non-hydrogen) atoms. The van der Waals surface area contributed by atoms with E-state index < -0.39 is 36.5 Å². The fraction of sp³-hybridized carbons (Fsp3) is 0.238. The van der Waals surface area contributed by atoms with Crippen LogP contribution in [0.1, 0.15) is 11.1 Å². The lowest BCUT2D eigenvalue weighted by molar-refractivity contribution is -0.138. The SMILES string of the molecule is NC(Cc1ccccc1)C(=O)O.O=C(O)CNC(=O)CNC(=O)OCc1ccccc1. The lowest BCUT2D eigenvalue weighted by atomic mass is 10.1. The van der Waals surface area contributed by atoms with Crippen LogP contribution in [0.25, 0.3) is 0 Å². The van der Waals surface area contributed by atoms with Crippen LogP contribution in [0, 0.1) is 0 Å². The number of nitrogens with two attached hydrogens (primary N) is 1. The molecule has 1 atom stereocenters. The summed E-state index contributed by atoms with van der Waals surface area (Å²) in [4.78, 5) is 42.9. The van der Waals surface area contributed by atoms with Gasteiger partial charge in [-0.15, -0.1) is 0 Å². The topological polar surface area (TPSA) is 168 Å². The van der Waals surface area contributed by atoms with Gasteiger partial charge < -0.3 is 31.3 Å². The fourth-order valence-corrected chi connectivity index (χ4v) is 2.12. The number of alkyl carbamates (subject to hydrolysis) is 1. The van der Waals surface area contributed by atoms with Crippen molar-refractivity contribution in [2.45, 2.75) is 19.1 Å². The maximum atomic E-state index is 11.2. The smallest absolute Gasteiger partial charge is 0.407 e. The van der Waals surface area contributed by atoms with Crippen LogP contribution in [0.3, 0.4) is 0 Å². The zero-order valence-corrected chi connectivity index (χ0v) is 16.7. The second-order valence-electron chi connectivity index (χ2n) is 6.22. The molecule has 10 nitrogen and oxygen atoms in total. The quantitative estimate of drug-likeness (QED) is 0.388. The molecule has 0 heterocycles. The maximum Gasteiger partial charge on any atom is 0.407 e. The van der Waals surface area contributed by atoms with E-state index in [1.165, 1.54) is 0 Å². The van der Waals surface area contributed by atoms with Crippen LogP contribution in [0.2, 0.25) is 0 Å². The van der Waals surface area contributed by atoms with Crippen LogP contribution in [0.15, 0.2) is 60.7 Å². The Bertz CT molecular complexity index is 845. The van der Waals surface area contributed by atoms with E-state index in [-0.39, 0.29) is 13.2 Å². The van der Waals surface area contributed by atoms with E-state index in [2.05, 4.69) is 10.6 Å². The van der Waals surface area contributed by atoms with Crippen molar-refractivity contribution in [2.75, 3.05) is 13.1 Å². The summed E-state index contributed by atoms with van der Waals surface area (Å²) >= 11 is 0. The van der Waals surface area contributed by atoms with E-state index in [9.17, 15) is 19.2 Å². The van der Waals surface area contributed by atoms with Gasteiger partial charge in [0.05, 0.1) is 0 Å². The zero-order chi connectivity index (χ0) is 23.1. The van der Waals surface area contributed by atoms with Gasteiger partial charge in [-0.1, -0.05) is 60.7 Å². The van der Waals surface area contributed by atoms with E-state index in [1.807, 2.05) is 48.5 Å². The van der Waals surface area contributed by atoms with Crippen LogP contribution >= 0.6 is 0 Å². The molecule has 0 saturated carbocycles. The predicted molar refractivity (Wildman–Crippen MR) is 111 cm³/mol. The lowest BCUT2D eigenvalue weighted by Crippen LogP contribution is -2.39. The van der Waals surface area contributed by atoms with Crippen molar-refractivity contribution in [3.8, 4) is 0 Å². The van der Waals surface area contributed by atoms with Gasteiger partial charge in [0, 0.05) is 0 Å². The number of amides is 2. The lowest BCUT2D eigenvalue weighted by Gasteiger charge is -2.07. The maximum absolute atomic E-state index is 11.2. The van der Waals surface area contributed by atoms with E-state index in [0.717, 1.165) is 11.1 Å². The van der Waals surface area contributed by atoms with Crippen LogP contribution in [-0.2, 0) is 32.1 Å². The molecule has 10 heteroatoms. The average molecular weight is 431 g/mol. The van der Waals surface area contributed by atoms with Gasteiger partial charge in [-0.3, -0.25) is 14.4 Å². The first-order chi connectivity index (χ1) is 14.8. The van der Waals surface area contributed by atoms with Crippen LogP contribution in [-0.4, -0.2) is 53.3 Å². The molecule has 0 aliphatic rings. The Morgan fingerprint density at radius 1 is 0.839 bits per heavy atom. The number of carbonyl (C=O) groups excluding carboxylic acids is 2. The summed E-state index contributed by atoms with van der Waals surface area (Å²) in [6.45, 7) is -0.718. The Hall–Kier alpha value is -3.92. The molecule has 0 aliphatic heterocycles. The first-order valence-corrected chi connectivity index (χ1v) is 9.23. The van der Waals surface area contributed by atoms with E-state index in [0.29, 0.717) is 6.42 Å². The number of nitrogens with one attached hydrogen (secondary N) is 2. The predicted octanol–water partition coefficient (Wildman–Crippen LogP) is 0.755. The van der Waals surface area contributed by atoms with Gasteiger partial charge >= 0.3 is 18.0 Å². The van der Waals surface area contributed by atoms with Crippen LogP contribution in [0.5, 0.6) is 0 Å². The molecule has 0 spiro atoms. The summed E-state index contributed by atoms with van der Waals surface area (Å²) in [6.07, 6.45) is -0.356. The minimum Gasteiger partial charge on any atom is -0.480 e. The fourth-order valence-electron chi connectivity index (χ4n) is 2.12. The molecule has 166 valence electrons. The Labute approximate surface area is 179 Å². The second-order valence-corrected chi connectivity index (χ2v) is 6.22. The van der Waals surface area contributed by atoms with E-state index in [4.69, 9.17) is 20.7 Å². The number of aliphatic carboxylic acids is 2. The molecule has 2 rings (SSSR count). The average Bonchev–Trinajstić information content (AvgIpc) is 2.76. The first-order valence-electron chi connectivity index (χ1n) is 9.23. The Kier molecular flexibility index (Phi) is 11.4. The molecule has 2 aromatic carbocycles. The number of hydrogen-bond donors (Lipinski definition) is 5. The number of rotatable bonds is 9. The summed E-state index contributed by atoms with van der Waals surface area (Å²) in [5.74, 6) is -2.71. The highest BCUT2D eigenvalue weighted by molar-refractivity contribution is 5.84. The van der Waals surface area contributed by atoms with Crippen molar-refractivity contribution in [1.29, 1.82) is 0 Å². The standard InChI is InChI=1S/C12H14N2O5.C9H11NO2/c15-10(13-7-11(16)17)6-14-12(18)19-8-9-4-2-1-3-5-9;10-8(9(11)12)6-7-4-2-1-3-5-7/h1-5H,6-8H2,(H,13,15)(H,14,18)(H,16,17);1-5,8H,6,10H2,(H,11,12). The van der Waals surface area contributed by atoms with Gasteiger partial charge in [-0.25, -0.2) is 4.79 Å². The Balaban J connectivity index is 0.000000343. The summed E-state index contributed by atoms with van der Waals surface area (Å²) in [7, 11) is 0. The number of hydrogen-bond acceptors (Lipinski definition) is 6. The van der Waals surface area contributed by atoms with Crippen molar-refractivity contribution in [1.82, 2.24) is 10.6 Å². The first kappa shape index (κ1) is 25.1. The third-order valence-corrected chi connectivity index (χ3v) is 3.66. The number of carbonyl (C=O) groups is 4. The van der Waals surface area contributed by atoms with Gasteiger partial charge in [-0.05, 0) is 17.5 Å². The molecule has 0 aromatic heterocycles. The molecular formula is C21H25N3O7. The zero-order valence-electron chi connectivity index (χ0n) is 16.7. The van der Waals surface area contributed by atoms with Crippen LogP contribution < -0.4 is 16.4 Å². The molecule has 0 saturated heterocycles. The van der Waals surface area contributed by atoms with Crippen molar-refractivity contribution >= 4 is 23.9 Å². The van der Waals surface area contributed by atoms with Crippen molar-refractivity contribution in [3.63, 3.8) is 0 Å². The summed E-state index contributed by atoms with van der Waals surface area (Å²) in [5.41, 5.74) is 7.13. The van der Waals surface area contributed by atoms with Gasteiger partial charge in [0.15, 0.2) is 0 Å². The minimum absolute atomic E-state index is 0.101. The number of carboxylic acids is 2. The number of carboxylic acid groups (broad SMARTS) is 2. The van der Waals surface area contributed by atoms with Gasteiger partial charge in [-0.2, -0.15) is 0 Å². The van der Waals surface area contributed by atoms with Crippen molar-refractivity contribution in [3.05, 3.63) is 71.8 Å². The highest BCUT2D eigenvalue weighted by Gasteiger charge is 2.11. The molecule has 1 unspecified atom stereocenters. The monoisotopic (exact) mass is 431 g/mol. The van der Waals surface area contributed by atoms with Crippen molar-refractivity contribution in [2.24, 2.45) is 5.73 Å². The van der Waals surface area contributed by atoms with Crippen LogP contribution in [0.4, 0.5) is 4.79 Å². The molecule has 0 fully saturated rings. The second kappa shape index (κ2) is 14.1. The normalized spacial score (nSPS) is 10.6. The summed E-state index contributed by atoms with van der Waals surface area (Å²) < 4.78 is 4.86.